The smallest absolute Gasteiger partial charge is 0.406 e. The maximum Gasteiger partial charge on any atom is 0.406 e. The second-order valence-corrected chi connectivity index (χ2v) is 6.95. The summed E-state index contributed by atoms with van der Waals surface area (Å²) in [4.78, 5) is 25.0. The Kier molecular flexibility index (Phi) is 4.73. The van der Waals surface area contributed by atoms with Crippen LogP contribution in [-0.2, 0) is 9.59 Å². The van der Waals surface area contributed by atoms with Crippen molar-refractivity contribution in [1.29, 1.82) is 0 Å². The van der Waals surface area contributed by atoms with Gasteiger partial charge in [0.15, 0.2) is 5.41 Å². The van der Waals surface area contributed by atoms with Crippen LogP contribution in [0.25, 0.3) is 0 Å². The number of ether oxygens (including phenoxy) is 2. The van der Waals surface area contributed by atoms with Crippen LogP contribution in [0.1, 0.15) is 24.3 Å². The zero-order valence-corrected chi connectivity index (χ0v) is 14.9. The molecule has 1 aliphatic heterocycles. The lowest BCUT2D eigenvalue weighted by atomic mass is 9.86. The van der Waals surface area contributed by atoms with Gasteiger partial charge in [-0.2, -0.15) is 13.2 Å². The molecule has 3 unspecified atom stereocenters. The molecule has 9 heteroatoms. The zero-order chi connectivity index (χ0) is 20.0. The van der Waals surface area contributed by atoms with Crippen molar-refractivity contribution in [2.75, 3.05) is 27.3 Å². The molecule has 27 heavy (non-hydrogen) atoms. The number of carbonyl (C=O) groups excluding carboxylic acids is 1. The first-order valence-corrected chi connectivity index (χ1v) is 8.45. The summed E-state index contributed by atoms with van der Waals surface area (Å²) >= 11 is 0. The van der Waals surface area contributed by atoms with Gasteiger partial charge in [-0.1, -0.05) is 0 Å². The van der Waals surface area contributed by atoms with Gasteiger partial charge in [-0.05, 0) is 31.0 Å². The van der Waals surface area contributed by atoms with E-state index >= 15 is 0 Å². The number of carboxylic acids is 1. The number of benzene rings is 1. The first-order valence-electron chi connectivity index (χ1n) is 8.45. The van der Waals surface area contributed by atoms with Crippen LogP contribution in [0, 0.1) is 11.3 Å². The van der Waals surface area contributed by atoms with Crippen molar-refractivity contribution in [3.63, 3.8) is 0 Å². The SMILES string of the molecule is COc1ccc(OC)c(C2CC2C(=O)N2CCC(C(=O)O)(C(F)(F)F)C2)c1. The second-order valence-electron chi connectivity index (χ2n) is 6.95. The van der Waals surface area contributed by atoms with E-state index < -0.39 is 42.4 Å². The first-order chi connectivity index (χ1) is 12.6. The average molecular weight is 387 g/mol. The van der Waals surface area contributed by atoms with Gasteiger partial charge in [0, 0.05) is 30.5 Å². The van der Waals surface area contributed by atoms with Crippen LogP contribution in [0.2, 0.25) is 0 Å². The van der Waals surface area contributed by atoms with Gasteiger partial charge in [0.1, 0.15) is 11.5 Å². The van der Waals surface area contributed by atoms with Gasteiger partial charge in [-0.25, -0.2) is 0 Å². The lowest BCUT2D eigenvalue weighted by Crippen LogP contribution is -2.48. The normalized spacial score (nSPS) is 27.4. The average Bonchev–Trinajstić information content (AvgIpc) is 3.27. The molecular formula is C18H20F3NO5. The van der Waals surface area contributed by atoms with Gasteiger partial charge in [0.05, 0.1) is 14.2 Å². The molecule has 2 aliphatic rings. The quantitative estimate of drug-likeness (QED) is 0.841. The standard InChI is InChI=1S/C18H20F3NO5/c1-26-10-3-4-14(27-2)12(7-10)11-8-13(11)15(23)22-6-5-17(9-22,16(24)25)18(19,20)21/h3-4,7,11,13H,5-6,8-9H2,1-2H3,(H,24,25). The van der Waals surface area contributed by atoms with E-state index in [4.69, 9.17) is 14.6 Å². The minimum absolute atomic E-state index is 0.187. The molecule has 6 nitrogen and oxygen atoms in total. The Hall–Kier alpha value is -2.45. The maximum absolute atomic E-state index is 13.3. The fourth-order valence-corrected chi connectivity index (χ4v) is 3.70. The molecule has 1 N–H and O–H groups in total. The third-order valence-electron chi connectivity index (χ3n) is 5.48. The number of rotatable bonds is 5. The number of alkyl halides is 3. The molecule has 0 spiro atoms. The summed E-state index contributed by atoms with van der Waals surface area (Å²) in [6, 6.07) is 5.17. The number of nitrogens with zero attached hydrogens (tertiary/aromatic N) is 1. The van der Waals surface area contributed by atoms with Crippen molar-refractivity contribution in [2.45, 2.75) is 24.9 Å². The molecule has 3 atom stereocenters. The fraction of sp³-hybridized carbons (Fsp3) is 0.556. The molecule has 1 amide bonds. The highest BCUT2D eigenvalue weighted by Gasteiger charge is 2.65. The summed E-state index contributed by atoms with van der Waals surface area (Å²) in [6.45, 7) is -1.06. The van der Waals surface area contributed by atoms with Gasteiger partial charge in [-0.15, -0.1) is 0 Å². The number of methoxy groups -OCH3 is 2. The Labute approximate surface area is 153 Å². The van der Waals surface area contributed by atoms with E-state index in [-0.39, 0.29) is 12.5 Å². The minimum atomic E-state index is -4.91. The molecule has 3 rings (SSSR count). The number of hydrogen-bond donors (Lipinski definition) is 1. The summed E-state index contributed by atoms with van der Waals surface area (Å²) in [6.07, 6.45) is -5.06. The highest BCUT2D eigenvalue weighted by molar-refractivity contribution is 5.85. The van der Waals surface area contributed by atoms with Crippen molar-refractivity contribution < 1.29 is 37.3 Å². The third-order valence-corrected chi connectivity index (χ3v) is 5.48. The van der Waals surface area contributed by atoms with Crippen LogP contribution >= 0.6 is 0 Å². The van der Waals surface area contributed by atoms with Crippen LogP contribution in [0.5, 0.6) is 11.5 Å². The predicted molar refractivity (Wildman–Crippen MR) is 87.7 cm³/mol. The molecule has 1 aromatic rings. The molecule has 1 heterocycles. The molecule has 1 saturated carbocycles. The lowest BCUT2D eigenvalue weighted by Gasteiger charge is -2.27. The molecule has 2 fully saturated rings. The molecule has 0 aromatic heterocycles. The number of amides is 1. The van der Waals surface area contributed by atoms with Crippen LogP contribution in [0.3, 0.4) is 0 Å². The van der Waals surface area contributed by atoms with Crippen molar-refractivity contribution >= 4 is 11.9 Å². The molecular weight excluding hydrogens is 367 g/mol. The van der Waals surface area contributed by atoms with E-state index in [1.165, 1.54) is 14.2 Å². The van der Waals surface area contributed by atoms with Gasteiger partial charge in [-0.3, -0.25) is 9.59 Å². The molecule has 0 radical (unpaired) electrons. The molecule has 1 saturated heterocycles. The minimum Gasteiger partial charge on any atom is -0.497 e. The van der Waals surface area contributed by atoms with Crippen LogP contribution in [0.4, 0.5) is 13.2 Å². The summed E-state index contributed by atoms with van der Waals surface area (Å²) < 4.78 is 50.4. The number of aliphatic carboxylic acids is 1. The monoisotopic (exact) mass is 387 g/mol. The predicted octanol–water partition coefficient (Wildman–Crippen LogP) is 2.67. The van der Waals surface area contributed by atoms with Gasteiger partial charge < -0.3 is 19.5 Å². The summed E-state index contributed by atoms with van der Waals surface area (Å²) in [7, 11) is 3.00. The third kappa shape index (κ3) is 3.19. The lowest BCUT2D eigenvalue weighted by molar-refractivity contribution is -0.227. The second kappa shape index (κ2) is 6.61. The van der Waals surface area contributed by atoms with E-state index in [1.54, 1.807) is 18.2 Å². The summed E-state index contributed by atoms with van der Waals surface area (Å²) in [5.74, 6) is -1.89. The van der Waals surface area contributed by atoms with Crippen molar-refractivity contribution in [1.82, 2.24) is 4.90 Å². The van der Waals surface area contributed by atoms with E-state index in [2.05, 4.69) is 0 Å². The van der Waals surface area contributed by atoms with Crippen molar-refractivity contribution in [3.8, 4) is 11.5 Å². The first kappa shape index (κ1) is 19.3. The van der Waals surface area contributed by atoms with E-state index in [0.717, 1.165) is 10.5 Å². The van der Waals surface area contributed by atoms with E-state index in [0.29, 0.717) is 17.9 Å². The van der Waals surface area contributed by atoms with Crippen LogP contribution < -0.4 is 9.47 Å². The molecule has 1 aromatic carbocycles. The summed E-state index contributed by atoms with van der Waals surface area (Å²) in [5.41, 5.74) is -2.13. The number of likely N-dealkylation sites (tertiary alicyclic amines) is 1. The Morgan fingerprint density at radius 1 is 1.26 bits per heavy atom. The fourth-order valence-electron chi connectivity index (χ4n) is 3.70. The number of carbonyl (C=O) groups is 2. The Bertz CT molecular complexity index is 766. The Morgan fingerprint density at radius 2 is 1.96 bits per heavy atom. The number of halogens is 3. The summed E-state index contributed by atoms with van der Waals surface area (Å²) in [5, 5.41) is 9.12. The van der Waals surface area contributed by atoms with Crippen LogP contribution in [-0.4, -0.2) is 55.4 Å². The van der Waals surface area contributed by atoms with Gasteiger partial charge in [0.25, 0.3) is 0 Å². The maximum atomic E-state index is 13.3. The largest absolute Gasteiger partial charge is 0.497 e. The zero-order valence-electron chi connectivity index (χ0n) is 14.9. The number of hydrogen-bond acceptors (Lipinski definition) is 4. The van der Waals surface area contributed by atoms with E-state index in [9.17, 15) is 22.8 Å². The molecule has 1 aliphatic carbocycles. The van der Waals surface area contributed by atoms with Gasteiger partial charge >= 0.3 is 12.1 Å². The van der Waals surface area contributed by atoms with Gasteiger partial charge in [0.2, 0.25) is 5.91 Å². The van der Waals surface area contributed by atoms with Crippen LogP contribution in [0.15, 0.2) is 18.2 Å². The molecule has 148 valence electrons. The highest BCUT2D eigenvalue weighted by Crippen LogP contribution is 2.53. The molecule has 0 bridgehead atoms. The van der Waals surface area contributed by atoms with Crippen molar-refractivity contribution in [3.05, 3.63) is 23.8 Å². The highest BCUT2D eigenvalue weighted by atomic mass is 19.4. The Morgan fingerprint density at radius 3 is 2.48 bits per heavy atom. The topological polar surface area (TPSA) is 76.1 Å². The van der Waals surface area contributed by atoms with E-state index in [1.807, 2.05) is 0 Å². The Balaban J connectivity index is 1.76. The number of carboxylic acid groups (broad SMARTS) is 1. The van der Waals surface area contributed by atoms with Crippen molar-refractivity contribution in [2.24, 2.45) is 11.3 Å².